The normalized spacial score (nSPS) is 11.0. The average molecular weight is 433 g/mol. The smallest absolute Gasteiger partial charge is 0.387 e. The Balaban J connectivity index is 1.60. The van der Waals surface area contributed by atoms with Gasteiger partial charge in [-0.1, -0.05) is 36.0 Å². The molecule has 0 radical (unpaired) electrons. The van der Waals surface area contributed by atoms with Crippen LogP contribution in [-0.4, -0.2) is 50.4 Å². The monoisotopic (exact) mass is 433 g/mol. The number of thioether (sulfide) groups is 1. The molecule has 0 saturated heterocycles. The summed E-state index contributed by atoms with van der Waals surface area (Å²) in [6, 6.07) is 12.2. The minimum absolute atomic E-state index is 0.0802. The van der Waals surface area contributed by atoms with Gasteiger partial charge in [-0.15, -0.1) is 5.10 Å². The maximum atomic E-state index is 12.5. The highest BCUT2D eigenvalue weighted by molar-refractivity contribution is 7.99. The number of hydrogen-bond donors (Lipinski definition) is 0. The lowest BCUT2D eigenvalue weighted by atomic mass is 10.1. The molecule has 3 aromatic rings. The van der Waals surface area contributed by atoms with Crippen LogP contribution in [0.3, 0.4) is 0 Å². The molecular weight excluding hydrogens is 412 g/mol. The minimum Gasteiger partial charge on any atom is -0.435 e. The number of aromatic nitrogens is 4. The highest BCUT2D eigenvalue weighted by Crippen LogP contribution is 2.22. The van der Waals surface area contributed by atoms with Gasteiger partial charge in [-0.25, -0.2) is 0 Å². The Morgan fingerprint density at radius 1 is 1.20 bits per heavy atom. The molecule has 158 valence electrons. The molecule has 30 heavy (non-hydrogen) atoms. The van der Waals surface area contributed by atoms with Crippen LogP contribution in [0.1, 0.15) is 16.7 Å². The van der Waals surface area contributed by atoms with Gasteiger partial charge in [0.15, 0.2) is 0 Å². The molecule has 0 aliphatic heterocycles. The van der Waals surface area contributed by atoms with Crippen molar-refractivity contribution in [1.82, 2.24) is 25.1 Å². The molecule has 0 N–H and O–H groups in total. The van der Waals surface area contributed by atoms with Gasteiger partial charge in [0.05, 0.1) is 11.4 Å². The van der Waals surface area contributed by atoms with Crippen LogP contribution in [0.2, 0.25) is 0 Å². The van der Waals surface area contributed by atoms with E-state index >= 15 is 0 Å². The molecule has 1 amide bonds. The number of halogens is 2. The van der Waals surface area contributed by atoms with Crippen molar-refractivity contribution in [2.24, 2.45) is 0 Å². The van der Waals surface area contributed by atoms with Crippen molar-refractivity contribution in [3.8, 4) is 11.4 Å². The van der Waals surface area contributed by atoms with E-state index in [-0.39, 0.29) is 17.4 Å². The highest BCUT2D eigenvalue weighted by atomic mass is 32.2. The number of hydrogen-bond acceptors (Lipinski definition) is 6. The first-order valence-electron chi connectivity index (χ1n) is 9.10. The maximum absolute atomic E-state index is 12.5. The number of rotatable bonds is 8. The summed E-state index contributed by atoms with van der Waals surface area (Å²) in [4.78, 5) is 14.1. The van der Waals surface area contributed by atoms with Gasteiger partial charge in [0.2, 0.25) is 11.1 Å². The number of alkyl halides is 2. The molecule has 0 unspecified atom stereocenters. The molecule has 1 heterocycles. The summed E-state index contributed by atoms with van der Waals surface area (Å²) < 4.78 is 30.4. The Morgan fingerprint density at radius 3 is 2.63 bits per heavy atom. The third-order valence-electron chi connectivity index (χ3n) is 4.35. The number of tetrazole rings is 1. The Morgan fingerprint density at radius 2 is 1.93 bits per heavy atom. The van der Waals surface area contributed by atoms with Crippen molar-refractivity contribution >= 4 is 17.7 Å². The van der Waals surface area contributed by atoms with Crippen molar-refractivity contribution in [2.45, 2.75) is 32.2 Å². The number of aryl methyl sites for hydroxylation is 2. The van der Waals surface area contributed by atoms with Crippen LogP contribution >= 0.6 is 11.8 Å². The standard InChI is InChI=1S/C20H21F2N5O2S/c1-13-4-5-14(2)17(10-13)27-20(23-24-25-27)30-12-18(28)26(3)11-15-6-8-16(9-7-15)29-19(21)22/h4-10,19H,11-12H2,1-3H3. The van der Waals surface area contributed by atoms with E-state index in [1.807, 2.05) is 32.0 Å². The van der Waals surface area contributed by atoms with E-state index < -0.39 is 6.61 Å². The fourth-order valence-electron chi connectivity index (χ4n) is 2.74. The third kappa shape index (κ3) is 5.53. The van der Waals surface area contributed by atoms with Crippen molar-refractivity contribution in [1.29, 1.82) is 0 Å². The number of amides is 1. The van der Waals surface area contributed by atoms with Crippen molar-refractivity contribution in [3.63, 3.8) is 0 Å². The molecule has 2 aromatic carbocycles. The van der Waals surface area contributed by atoms with Crippen LogP contribution in [0.4, 0.5) is 8.78 Å². The SMILES string of the molecule is Cc1ccc(C)c(-n2nnnc2SCC(=O)N(C)Cc2ccc(OC(F)F)cc2)c1. The van der Waals surface area contributed by atoms with Gasteiger partial charge in [0, 0.05) is 13.6 Å². The zero-order valence-electron chi connectivity index (χ0n) is 16.7. The average Bonchev–Trinajstić information content (AvgIpc) is 3.17. The maximum Gasteiger partial charge on any atom is 0.387 e. The third-order valence-corrected chi connectivity index (χ3v) is 5.26. The molecule has 0 aliphatic carbocycles. The Bertz CT molecular complexity index is 1010. The second kappa shape index (κ2) is 9.66. The lowest BCUT2D eigenvalue weighted by molar-refractivity contribution is -0.127. The van der Waals surface area contributed by atoms with Gasteiger partial charge >= 0.3 is 6.61 Å². The molecule has 10 heteroatoms. The predicted molar refractivity (Wildman–Crippen MR) is 109 cm³/mol. The quantitative estimate of drug-likeness (QED) is 0.505. The molecule has 0 bridgehead atoms. The Hall–Kier alpha value is -3.01. The van der Waals surface area contributed by atoms with Gasteiger partial charge < -0.3 is 9.64 Å². The van der Waals surface area contributed by atoms with Gasteiger partial charge in [0.25, 0.3) is 0 Å². The lowest BCUT2D eigenvalue weighted by Gasteiger charge is -2.17. The van der Waals surface area contributed by atoms with E-state index in [0.29, 0.717) is 11.7 Å². The zero-order chi connectivity index (χ0) is 21.7. The minimum atomic E-state index is -2.86. The predicted octanol–water partition coefficient (Wildman–Crippen LogP) is 3.63. The molecule has 1 aromatic heterocycles. The summed E-state index contributed by atoms with van der Waals surface area (Å²) in [5, 5.41) is 12.4. The molecule has 0 atom stereocenters. The van der Waals surface area contributed by atoms with E-state index in [4.69, 9.17) is 0 Å². The van der Waals surface area contributed by atoms with E-state index in [2.05, 4.69) is 20.3 Å². The van der Waals surface area contributed by atoms with Crippen molar-refractivity contribution < 1.29 is 18.3 Å². The van der Waals surface area contributed by atoms with Crippen LogP contribution in [0.5, 0.6) is 5.75 Å². The van der Waals surface area contributed by atoms with Crippen LogP contribution < -0.4 is 4.74 Å². The zero-order valence-corrected chi connectivity index (χ0v) is 17.6. The number of carbonyl (C=O) groups is 1. The fourth-order valence-corrected chi connectivity index (χ4v) is 3.57. The number of benzene rings is 2. The summed E-state index contributed by atoms with van der Waals surface area (Å²) in [5.41, 5.74) is 3.78. The fraction of sp³-hybridized carbons (Fsp3) is 0.300. The first-order valence-corrected chi connectivity index (χ1v) is 10.1. The largest absolute Gasteiger partial charge is 0.435 e. The molecule has 0 fully saturated rings. The Labute approximate surface area is 177 Å². The molecule has 0 aliphatic rings. The summed E-state index contributed by atoms with van der Waals surface area (Å²) >= 11 is 1.25. The molecule has 7 nitrogen and oxygen atoms in total. The van der Waals surface area contributed by atoms with Gasteiger partial charge in [-0.05, 0) is 59.2 Å². The van der Waals surface area contributed by atoms with E-state index in [1.54, 1.807) is 28.8 Å². The van der Waals surface area contributed by atoms with Gasteiger partial charge in [0.1, 0.15) is 5.75 Å². The molecule has 0 saturated carbocycles. The molecule has 0 spiro atoms. The molecule has 3 rings (SSSR count). The van der Waals surface area contributed by atoms with Crippen LogP contribution in [0.15, 0.2) is 47.6 Å². The van der Waals surface area contributed by atoms with Gasteiger partial charge in [-0.2, -0.15) is 13.5 Å². The number of carbonyl (C=O) groups excluding carboxylic acids is 1. The molecular formula is C20H21F2N5O2S. The summed E-state index contributed by atoms with van der Waals surface area (Å²) in [7, 11) is 1.68. The highest BCUT2D eigenvalue weighted by Gasteiger charge is 2.16. The summed E-state index contributed by atoms with van der Waals surface area (Å²) in [5.74, 6) is 0.133. The summed E-state index contributed by atoms with van der Waals surface area (Å²) in [6.45, 7) is 1.44. The van der Waals surface area contributed by atoms with E-state index in [0.717, 1.165) is 22.4 Å². The number of ether oxygens (including phenoxy) is 1. The second-order valence-corrected chi connectivity index (χ2v) is 7.67. The lowest BCUT2D eigenvalue weighted by Crippen LogP contribution is -2.27. The number of nitrogens with zero attached hydrogens (tertiary/aromatic N) is 5. The van der Waals surface area contributed by atoms with E-state index in [9.17, 15) is 13.6 Å². The first-order chi connectivity index (χ1) is 14.3. The van der Waals surface area contributed by atoms with Crippen molar-refractivity contribution in [2.75, 3.05) is 12.8 Å². The van der Waals surface area contributed by atoms with Crippen LogP contribution in [0.25, 0.3) is 5.69 Å². The van der Waals surface area contributed by atoms with E-state index in [1.165, 1.54) is 23.9 Å². The Kier molecular flexibility index (Phi) is 6.99. The van der Waals surface area contributed by atoms with Crippen LogP contribution in [0, 0.1) is 13.8 Å². The van der Waals surface area contributed by atoms with Crippen LogP contribution in [-0.2, 0) is 11.3 Å². The topological polar surface area (TPSA) is 73.1 Å². The summed E-state index contributed by atoms with van der Waals surface area (Å²) in [6.07, 6.45) is 0. The van der Waals surface area contributed by atoms with Gasteiger partial charge in [-0.3, -0.25) is 4.79 Å². The second-order valence-electron chi connectivity index (χ2n) is 6.72. The van der Waals surface area contributed by atoms with Crippen molar-refractivity contribution in [3.05, 3.63) is 59.2 Å². The first kappa shape index (κ1) is 21.7.